The van der Waals surface area contributed by atoms with Gasteiger partial charge >= 0.3 is 11.7 Å². The summed E-state index contributed by atoms with van der Waals surface area (Å²) >= 11 is 0. The molecule has 1 aromatic rings. The van der Waals surface area contributed by atoms with Crippen molar-refractivity contribution < 1.29 is 19.2 Å². The van der Waals surface area contributed by atoms with Crippen LogP contribution in [0.1, 0.15) is 12.5 Å². The van der Waals surface area contributed by atoms with Gasteiger partial charge in [0.25, 0.3) is 0 Å². The highest BCUT2D eigenvalue weighted by Gasteiger charge is 2.14. The number of nitro benzene ring substituents is 1. The minimum atomic E-state index is -0.510. The van der Waals surface area contributed by atoms with Crippen molar-refractivity contribution in [2.24, 2.45) is 0 Å². The fourth-order valence-corrected chi connectivity index (χ4v) is 1.36. The lowest BCUT2D eigenvalue weighted by Crippen LogP contribution is -2.02. The molecule has 6 heteroatoms. The average molecular weight is 265 g/mol. The number of benzene rings is 1. The smallest absolute Gasteiger partial charge is 0.330 e. The molecule has 0 bridgehead atoms. The van der Waals surface area contributed by atoms with Gasteiger partial charge in [-0.15, -0.1) is 0 Å². The van der Waals surface area contributed by atoms with E-state index in [1.54, 1.807) is 19.1 Å². The molecular weight excluding hydrogens is 250 g/mol. The van der Waals surface area contributed by atoms with Crippen molar-refractivity contribution in [3.63, 3.8) is 0 Å². The zero-order valence-corrected chi connectivity index (χ0v) is 10.8. The summed E-state index contributed by atoms with van der Waals surface area (Å²) in [5.41, 5.74) is 0.755. The number of hydrogen-bond donors (Lipinski definition) is 0. The fraction of sp³-hybridized carbons (Fsp3) is 0.308. The highest BCUT2D eigenvalue weighted by atomic mass is 16.6. The Hall–Kier alpha value is -2.37. The molecule has 0 radical (unpaired) electrons. The number of aryl methyl sites for hydroxylation is 1. The number of carbonyl (C=O) groups excluding carboxylic acids is 1. The van der Waals surface area contributed by atoms with Crippen molar-refractivity contribution in [3.8, 4) is 5.75 Å². The average Bonchev–Trinajstić information content (AvgIpc) is 2.34. The number of nitrogens with zero attached hydrogens (tertiary/aromatic N) is 1. The maximum absolute atomic E-state index is 11.0. The second-order valence-corrected chi connectivity index (χ2v) is 3.69. The molecule has 0 atom stereocenters. The van der Waals surface area contributed by atoms with E-state index in [2.05, 4.69) is 4.74 Å². The first-order valence-electron chi connectivity index (χ1n) is 5.75. The first-order chi connectivity index (χ1) is 9.04. The summed E-state index contributed by atoms with van der Waals surface area (Å²) in [6, 6.07) is 4.61. The summed E-state index contributed by atoms with van der Waals surface area (Å²) in [7, 11) is 0. The molecule has 0 aliphatic heterocycles. The lowest BCUT2D eigenvalue weighted by atomic mass is 10.2. The van der Waals surface area contributed by atoms with Gasteiger partial charge in [0, 0.05) is 12.1 Å². The number of carbonyl (C=O) groups is 1. The number of nitro groups is 1. The summed E-state index contributed by atoms with van der Waals surface area (Å²) in [5.74, 6) is -0.289. The van der Waals surface area contributed by atoms with E-state index in [9.17, 15) is 14.9 Å². The molecule has 0 fully saturated rings. The summed E-state index contributed by atoms with van der Waals surface area (Å²) in [5, 5.41) is 10.8. The molecule has 0 saturated heterocycles. The molecule has 0 aromatic heterocycles. The molecule has 0 aliphatic rings. The molecule has 0 spiro atoms. The zero-order valence-electron chi connectivity index (χ0n) is 10.8. The Kier molecular flexibility index (Phi) is 5.53. The Labute approximate surface area is 110 Å². The molecule has 102 valence electrons. The van der Waals surface area contributed by atoms with Gasteiger partial charge in [-0.05, 0) is 31.6 Å². The first kappa shape index (κ1) is 14.7. The van der Waals surface area contributed by atoms with E-state index in [1.807, 2.05) is 6.92 Å². The van der Waals surface area contributed by atoms with Gasteiger partial charge in [0.1, 0.15) is 6.61 Å². The van der Waals surface area contributed by atoms with Crippen LogP contribution in [0.2, 0.25) is 0 Å². The van der Waals surface area contributed by atoms with E-state index in [4.69, 9.17) is 4.74 Å². The zero-order chi connectivity index (χ0) is 14.3. The molecule has 19 heavy (non-hydrogen) atoms. The maximum Gasteiger partial charge on any atom is 0.330 e. The fourth-order valence-electron chi connectivity index (χ4n) is 1.36. The third-order valence-electron chi connectivity index (χ3n) is 2.19. The lowest BCUT2D eigenvalue weighted by molar-refractivity contribution is -0.385. The second-order valence-electron chi connectivity index (χ2n) is 3.69. The predicted octanol–water partition coefficient (Wildman–Crippen LogP) is 2.40. The molecule has 0 N–H and O–H groups in total. The van der Waals surface area contributed by atoms with Crippen molar-refractivity contribution in [2.75, 3.05) is 13.2 Å². The molecule has 0 heterocycles. The molecule has 6 nitrogen and oxygen atoms in total. The van der Waals surface area contributed by atoms with Crippen LogP contribution in [0.4, 0.5) is 5.69 Å². The normalized spacial score (nSPS) is 10.4. The van der Waals surface area contributed by atoms with Crippen molar-refractivity contribution >= 4 is 11.7 Å². The van der Waals surface area contributed by atoms with Gasteiger partial charge < -0.3 is 9.47 Å². The minimum Gasteiger partial charge on any atom is -0.483 e. The molecule has 0 amide bonds. The third-order valence-corrected chi connectivity index (χ3v) is 2.19. The van der Waals surface area contributed by atoms with Crippen LogP contribution in [0.15, 0.2) is 30.4 Å². The van der Waals surface area contributed by atoms with E-state index in [0.29, 0.717) is 6.61 Å². The van der Waals surface area contributed by atoms with Crippen LogP contribution in [-0.2, 0) is 9.53 Å². The molecule has 1 rings (SSSR count). The Morgan fingerprint density at radius 1 is 1.47 bits per heavy atom. The topological polar surface area (TPSA) is 78.7 Å². The van der Waals surface area contributed by atoms with Gasteiger partial charge in [0.15, 0.2) is 5.75 Å². The van der Waals surface area contributed by atoms with Gasteiger partial charge in [0.05, 0.1) is 11.5 Å². The monoisotopic (exact) mass is 265 g/mol. The number of ether oxygens (including phenoxy) is 2. The van der Waals surface area contributed by atoms with Gasteiger partial charge in [-0.3, -0.25) is 10.1 Å². The second kappa shape index (κ2) is 7.15. The molecule has 0 unspecified atom stereocenters. The summed E-state index contributed by atoms with van der Waals surface area (Å²) in [6.45, 7) is 3.87. The quantitative estimate of drug-likeness (QED) is 0.341. The van der Waals surface area contributed by atoms with Crippen LogP contribution < -0.4 is 4.74 Å². The van der Waals surface area contributed by atoms with Gasteiger partial charge in [-0.25, -0.2) is 4.79 Å². The van der Waals surface area contributed by atoms with Gasteiger partial charge in [-0.1, -0.05) is 6.07 Å². The highest BCUT2D eigenvalue weighted by Crippen LogP contribution is 2.27. The van der Waals surface area contributed by atoms with Crippen molar-refractivity contribution in [1.29, 1.82) is 0 Å². The maximum atomic E-state index is 11.0. The Bertz CT molecular complexity index is 496. The molecular formula is C13H15NO5. The predicted molar refractivity (Wildman–Crippen MR) is 69.1 cm³/mol. The van der Waals surface area contributed by atoms with E-state index in [-0.39, 0.29) is 18.0 Å². The minimum absolute atomic E-state index is 0.0586. The van der Waals surface area contributed by atoms with Crippen LogP contribution in [0.25, 0.3) is 0 Å². The van der Waals surface area contributed by atoms with Crippen molar-refractivity contribution in [3.05, 3.63) is 46.0 Å². The van der Waals surface area contributed by atoms with Gasteiger partial charge in [0.2, 0.25) is 0 Å². The number of esters is 1. The Morgan fingerprint density at radius 3 is 2.84 bits per heavy atom. The standard InChI is InChI=1S/C13H15NO5/c1-3-18-13(15)5-4-8-19-12-9-10(2)6-7-11(12)14(16)17/h4-7,9H,3,8H2,1-2H3/b5-4+. The van der Waals surface area contributed by atoms with E-state index < -0.39 is 10.9 Å². The van der Waals surface area contributed by atoms with Crippen LogP contribution in [0.5, 0.6) is 5.75 Å². The van der Waals surface area contributed by atoms with E-state index >= 15 is 0 Å². The summed E-state index contributed by atoms with van der Waals surface area (Å²) in [6.07, 6.45) is 2.68. The van der Waals surface area contributed by atoms with E-state index in [0.717, 1.165) is 5.56 Å². The largest absolute Gasteiger partial charge is 0.483 e. The van der Waals surface area contributed by atoms with Gasteiger partial charge in [-0.2, -0.15) is 0 Å². The molecule has 0 aliphatic carbocycles. The molecule has 1 aromatic carbocycles. The number of hydrogen-bond acceptors (Lipinski definition) is 5. The first-order valence-corrected chi connectivity index (χ1v) is 5.75. The highest BCUT2D eigenvalue weighted by molar-refractivity contribution is 5.81. The lowest BCUT2D eigenvalue weighted by Gasteiger charge is -2.05. The number of rotatable bonds is 6. The van der Waals surface area contributed by atoms with Crippen LogP contribution in [-0.4, -0.2) is 24.1 Å². The van der Waals surface area contributed by atoms with Crippen LogP contribution >= 0.6 is 0 Å². The van der Waals surface area contributed by atoms with Crippen molar-refractivity contribution in [2.45, 2.75) is 13.8 Å². The third kappa shape index (κ3) is 4.79. The van der Waals surface area contributed by atoms with Crippen LogP contribution in [0.3, 0.4) is 0 Å². The molecule has 0 saturated carbocycles. The van der Waals surface area contributed by atoms with Crippen LogP contribution in [0, 0.1) is 17.0 Å². The summed E-state index contributed by atoms with van der Waals surface area (Å²) in [4.78, 5) is 21.3. The Balaban J connectivity index is 2.64. The summed E-state index contributed by atoms with van der Waals surface area (Å²) < 4.78 is 9.96. The Morgan fingerprint density at radius 2 is 2.21 bits per heavy atom. The SMILES string of the molecule is CCOC(=O)/C=C/COc1cc(C)ccc1[N+](=O)[O-]. The van der Waals surface area contributed by atoms with Crippen molar-refractivity contribution in [1.82, 2.24) is 0 Å². The van der Waals surface area contributed by atoms with E-state index in [1.165, 1.54) is 18.2 Å².